The fourth-order valence-electron chi connectivity index (χ4n) is 5.07. The molecule has 1 aromatic heterocycles. The van der Waals surface area contributed by atoms with Gasteiger partial charge in [0.2, 0.25) is 11.7 Å². The van der Waals surface area contributed by atoms with Gasteiger partial charge >= 0.3 is 0 Å². The van der Waals surface area contributed by atoms with Crippen molar-refractivity contribution in [1.82, 2.24) is 14.8 Å². The topological polar surface area (TPSA) is 106 Å². The van der Waals surface area contributed by atoms with E-state index >= 15 is 0 Å². The molecular weight excluding hydrogens is 464 g/mol. The van der Waals surface area contributed by atoms with Crippen LogP contribution in [0.15, 0.2) is 47.9 Å². The number of rotatable bonds is 7. The summed E-state index contributed by atoms with van der Waals surface area (Å²) in [5, 5.41) is 7.77. The van der Waals surface area contributed by atoms with E-state index in [0.29, 0.717) is 53.1 Å². The van der Waals surface area contributed by atoms with Crippen LogP contribution in [0.25, 0.3) is 0 Å². The Hall–Kier alpha value is -4.21. The van der Waals surface area contributed by atoms with Crippen LogP contribution in [0.4, 0.5) is 5.95 Å². The molecule has 0 amide bonds. The van der Waals surface area contributed by atoms with Gasteiger partial charge in [-0.3, -0.25) is 4.79 Å². The van der Waals surface area contributed by atoms with Gasteiger partial charge in [0.05, 0.1) is 35.5 Å². The van der Waals surface area contributed by atoms with E-state index in [-0.39, 0.29) is 11.7 Å². The van der Waals surface area contributed by atoms with Crippen molar-refractivity contribution < 1.29 is 28.5 Å². The second-order valence-electron chi connectivity index (χ2n) is 8.54. The highest BCUT2D eigenvalue weighted by atomic mass is 16.5. The number of Topliss-reactive ketones (excluding diaryl/α,β-unsaturated/α-hetero) is 1. The number of carbonyl (C=O) groups excluding carboxylic acids is 1. The molecule has 1 aliphatic carbocycles. The van der Waals surface area contributed by atoms with Crippen LogP contribution in [0.1, 0.15) is 35.9 Å². The summed E-state index contributed by atoms with van der Waals surface area (Å²) in [7, 11) is 7.93. The summed E-state index contributed by atoms with van der Waals surface area (Å²) in [4.78, 5) is 18.2. The molecule has 1 N–H and O–H groups in total. The molecule has 0 saturated heterocycles. The Morgan fingerprint density at radius 1 is 0.889 bits per heavy atom. The molecule has 0 radical (unpaired) electrons. The zero-order valence-electron chi connectivity index (χ0n) is 20.8. The molecule has 188 valence electrons. The number of allylic oxidation sites excluding steroid dienone is 2. The SMILES string of the molecule is COc1ccc(OC)c(C2C3=C(CC(c4cc(OC)c(OC)c(OC)c4)CC3=O)Nc3ncnn32)c1. The van der Waals surface area contributed by atoms with Crippen molar-refractivity contribution in [2.45, 2.75) is 24.8 Å². The van der Waals surface area contributed by atoms with Crippen LogP contribution in [0.3, 0.4) is 0 Å². The minimum absolute atomic E-state index is 0.0125. The number of anilines is 1. The zero-order valence-corrected chi connectivity index (χ0v) is 20.8. The Morgan fingerprint density at radius 2 is 1.61 bits per heavy atom. The number of ketones is 1. The Kier molecular flexibility index (Phi) is 6.17. The summed E-state index contributed by atoms with van der Waals surface area (Å²) in [6.45, 7) is 0. The monoisotopic (exact) mass is 492 g/mol. The van der Waals surface area contributed by atoms with Crippen molar-refractivity contribution in [3.63, 3.8) is 0 Å². The molecule has 2 heterocycles. The van der Waals surface area contributed by atoms with E-state index in [0.717, 1.165) is 16.8 Å². The number of carbonyl (C=O) groups is 1. The summed E-state index contributed by atoms with van der Waals surface area (Å²) < 4.78 is 29.4. The van der Waals surface area contributed by atoms with Crippen LogP contribution in [-0.4, -0.2) is 56.1 Å². The van der Waals surface area contributed by atoms with Crippen LogP contribution in [0.2, 0.25) is 0 Å². The first-order valence-corrected chi connectivity index (χ1v) is 11.5. The number of benzene rings is 2. The van der Waals surface area contributed by atoms with Crippen molar-refractivity contribution in [3.8, 4) is 28.7 Å². The largest absolute Gasteiger partial charge is 0.497 e. The Bertz CT molecular complexity index is 1320. The number of aromatic nitrogens is 3. The molecule has 0 spiro atoms. The summed E-state index contributed by atoms with van der Waals surface area (Å²) in [5.74, 6) is 3.38. The lowest BCUT2D eigenvalue weighted by Gasteiger charge is -2.35. The molecule has 3 aromatic rings. The summed E-state index contributed by atoms with van der Waals surface area (Å²) >= 11 is 0. The number of hydrogen-bond acceptors (Lipinski definition) is 9. The van der Waals surface area contributed by atoms with Gasteiger partial charge in [-0.05, 0) is 48.2 Å². The average Bonchev–Trinajstić information content (AvgIpc) is 3.38. The number of ether oxygens (including phenoxy) is 5. The predicted octanol–water partition coefficient (Wildman–Crippen LogP) is 3.74. The Labute approximate surface area is 208 Å². The maximum Gasteiger partial charge on any atom is 0.226 e. The highest BCUT2D eigenvalue weighted by molar-refractivity contribution is 6.00. The quantitative estimate of drug-likeness (QED) is 0.528. The second-order valence-corrected chi connectivity index (χ2v) is 8.54. The van der Waals surface area contributed by atoms with Gasteiger partial charge < -0.3 is 29.0 Å². The van der Waals surface area contributed by atoms with Gasteiger partial charge in [-0.15, -0.1) is 0 Å². The molecule has 2 aromatic carbocycles. The van der Waals surface area contributed by atoms with Crippen LogP contribution in [0.5, 0.6) is 28.7 Å². The molecule has 0 fully saturated rings. The molecule has 2 atom stereocenters. The lowest BCUT2D eigenvalue weighted by molar-refractivity contribution is -0.116. The van der Waals surface area contributed by atoms with E-state index in [2.05, 4.69) is 15.4 Å². The minimum atomic E-state index is -0.503. The lowest BCUT2D eigenvalue weighted by atomic mass is 9.77. The number of nitrogens with zero attached hydrogens (tertiary/aromatic N) is 3. The van der Waals surface area contributed by atoms with Gasteiger partial charge in [0.25, 0.3) is 0 Å². The minimum Gasteiger partial charge on any atom is -0.497 e. The van der Waals surface area contributed by atoms with Gasteiger partial charge in [0.15, 0.2) is 17.3 Å². The number of hydrogen-bond donors (Lipinski definition) is 1. The molecule has 36 heavy (non-hydrogen) atoms. The zero-order chi connectivity index (χ0) is 25.4. The maximum absolute atomic E-state index is 13.8. The van der Waals surface area contributed by atoms with E-state index in [4.69, 9.17) is 23.7 Å². The van der Waals surface area contributed by atoms with Crippen LogP contribution >= 0.6 is 0 Å². The summed E-state index contributed by atoms with van der Waals surface area (Å²) in [5.41, 5.74) is 3.15. The van der Waals surface area contributed by atoms with E-state index in [1.165, 1.54) is 6.33 Å². The highest BCUT2D eigenvalue weighted by Crippen LogP contribution is 2.48. The van der Waals surface area contributed by atoms with Crippen LogP contribution in [0, 0.1) is 0 Å². The van der Waals surface area contributed by atoms with Gasteiger partial charge in [-0.25, -0.2) is 4.68 Å². The van der Waals surface area contributed by atoms with Crippen molar-refractivity contribution >= 4 is 11.7 Å². The third kappa shape index (κ3) is 3.78. The Balaban J connectivity index is 1.61. The van der Waals surface area contributed by atoms with E-state index in [1.807, 2.05) is 30.3 Å². The van der Waals surface area contributed by atoms with Gasteiger partial charge in [-0.2, -0.15) is 10.1 Å². The van der Waals surface area contributed by atoms with Crippen molar-refractivity contribution in [3.05, 3.63) is 59.1 Å². The number of fused-ring (bicyclic) bond motifs is 1. The number of methoxy groups -OCH3 is 5. The molecule has 0 saturated carbocycles. The second kappa shape index (κ2) is 9.44. The molecule has 1 aliphatic heterocycles. The first-order valence-electron chi connectivity index (χ1n) is 11.5. The van der Waals surface area contributed by atoms with Gasteiger partial charge in [-0.1, -0.05) is 0 Å². The fraction of sp³-hybridized carbons (Fsp3) is 0.346. The van der Waals surface area contributed by atoms with E-state index in [9.17, 15) is 4.79 Å². The standard InChI is InChI=1S/C26H28N4O6/c1-32-16-6-7-20(33-2)17(12-16)24-23-18(29-26-27-13-28-30(24)26)8-14(9-19(23)31)15-10-21(34-3)25(36-5)22(11-15)35-4/h6-7,10-14,24H,8-9H2,1-5H3,(H,27,28,29). The van der Waals surface area contributed by atoms with Gasteiger partial charge in [0, 0.05) is 23.3 Å². The average molecular weight is 493 g/mol. The first-order chi connectivity index (χ1) is 17.5. The molecule has 2 unspecified atom stereocenters. The van der Waals surface area contributed by atoms with Gasteiger partial charge in [0.1, 0.15) is 23.9 Å². The molecular formula is C26H28N4O6. The van der Waals surface area contributed by atoms with Crippen molar-refractivity contribution in [1.29, 1.82) is 0 Å². The molecule has 10 heteroatoms. The molecule has 2 aliphatic rings. The fourth-order valence-corrected chi connectivity index (χ4v) is 5.07. The summed E-state index contributed by atoms with van der Waals surface area (Å²) in [6, 6.07) is 8.83. The van der Waals surface area contributed by atoms with E-state index < -0.39 is 6.04 Å². The third-order valence-corrected chi connectivity index (χ3v) is 6.75. The predicted molar refractivity (Wildman–Crippen MR) is 131 cm³/mol. The molecule has 10 nitrogen and oxygen atoms in total. The number of nitrogens with one attached hydrogen (secondary N) is 1. The normalized spacial score (nSPS) is 18.6. The lowest BCUT2D eigenvalue weighted by Crippen LogP contribution is -2.33. The van der Waals surface area contributed by atoms with Crippen LogP contribution < -0.4 is 29.0 Å². The smallest absolute Gasteiger partial charge is 0.226 e. The Morgan fingerprint density at radius 3 is 2.25 bits per heavy atom. The van der Waals surface area contributed by atoms with Crippen molar-refractivity contribution in [2.24, 2.45) is 0 Å². The first kappa shape index (κ1) is 23.5. The van der Waals surface area contributed by atoms with Crippen LogP contribution in [-0.2, 0) is 4.79 Å². The maximum atomic E-state index is 13.8. The third-order valence-electron chi connectivity index (χ3n) is 6.75. The highest BCUT2D eigenvalue weighted by Gasteiger charge is 2.40. The van der Waals surface area contributed by atoms with Crippen molar-refractivity contribution in [2.75, 3.05) is 40.9 Å². The molecule has 0 bridgehead atoms. The summed E-state index contributed by atoms with van der Waals surface area (Å²) in [6.07, 6.45) is 2.38. The molecule has 5 rings (SSSR count). The van der Waals surface area contributed by atoms with E-state index in [1.54, 1.807) is 40.2 Å².